The third kappa shape index (κ3) is 3.22. The highest BCUT2D eigenvalue weighted by Crippen LogP contribution is 2.37. The molecule has 4 N–H and O–H groups in total. The zero-order valence-corrected chi connectivity index (χ0v) is 12.4. The van der Waals surface area contributed by atoms with Crippen LogP contribution in [0.25, 0.3) is 0 Å². The Morgan fingerprint density at radius 2 is 1.77 bits per heavy atom. The molecule has 2 amide bonds. The quantitative estimate of drug-likeness (QED) is 0.517. The molecule has 2 rings (SSSR count). The number of phenolic OH excluding ortho intramolecular Hbond substituents is 3. The topological polar surface area (TPSA) is 93.0 Å². The van der Waals surface area contributed by atoms with Crippen molar-refractivity contribution in [3.63, 3.8) is 0 Å². The zero-order chi connectivity index (χ0) is 16.3. The molecule has 0 aliphatic heterocycles. The number of amides is 2. The molecule has 0 bridgehead atoms. The fourth-order valence-electron chi connectivity index (χ4n) is 2.11. The number of aryl methyl sites for hydroxylation is 1. The number of rotatable bonds is 3. The summed E-state index contributed by atoms with van der Waals surface area (Å²) in [5.74, 6) is -1.63. The first-order chi connectivity index (χ1) is 10.4. The van der Waals surface area contributed by atoms with E-state index in [1.54, 1.807) is 0 Å². The van der Waals surface area contributed by atoms with Crippen molar-refractivity contribution >= 4 is 17.4 Å². The smallest absolute Gasteiger partial charge is 0.326 e. The maximum atomic E-state index is 12.4. The number of nitrogens with one attached hydrogen (secondary N) is 1. The molecule has 116 valence electrons. The van der Waals surface area contributed by atoms with Crippen LogP contribution in [-0.2, 0) is 0 Å². The van der Waals surface area contributed by atoms with Gasteiger partial charge in [-0.3, -0.25) is 4.90 Å². The summed E-state index contributed by atoms with van der Waals surface area (Å²) in [6.07, 6.45) is 0. The lowest BCUT2D eigenvalue weighted by atomic mass is 10.2. The minimum absolute atomic E-state index is 0.184. The molecule has 0 spiro atoms. The van der Waals surface area contributed by atoms with Crippen LogP contribution in [0.15, 0.2) is 36.4 Å². The largest absolute Gasteiger partial charge is 0.504 e. The zero-order valence-electron chi connectivity index (χ0n) is 12.4. The van der Waals surface area contributed by atoms with Crippen LogP contribution in [0.1, 0.15) is 12.5 Å². The van der Waals surface area contributed by atoms with Crippen LogP contribution in [0.2, 0.25) is 0 Å². The Hall–Kier alpha value is -2.89. The number of aromatic hydroxyl groups is 3. The number of hydrogen-bond donors (Lipinski definition) is 4. The summed E-state index contributed by atoms with van der Waals surface area (Å²) < 4.78 is 0. The van der Waals surface area contributed by atoms with E-state index in [2.05, 4.69) is 5.32 Å². The van der Waals surface area contributed by atoms with Gasteiger partial charge in [0.15, 0.2) is 17.2 Å². The van der Waals surface area contributed by atoms with Crippen LogP contribution in [0.5, 0.6) is 17.2 Å². The second-order valence-corrected chi connectivity index (χ2v) is 4.88. The standard InChI is InChI=1S/C16H18N2O4/c1-3-18(12-6-4-5-10(2)7-12)16(22)17-11-8-13(19)15(21)14(20)9-11/h4-9,19-21H,3H2,1-2H3,(H,17,22). The predicted molar refractivity (Wildman–Crippen MR) is 84.7 cm³/mol. The highest BCUT2D eigenvalue weighted by atomic mass is 16.3. The lowest BCUT2D eigenvalue weighted by Crippen LogP contribution is -2.34. The Bertz CT molecular complexity index is 677. The van der Waals surface area contributed by atoms with Crippen molar-refractivity contribution in [1.82, 2.24) is 0 Å². The Kier molecular flexibility index (Phi) is 4.41. The van der Waals surface area contributed by atoms with E-state index in [0.29, 0.717) is 6.54 Å². The van der Waals surface area contributed by atoms with E-state index in [9.17, 15) is 20.1 Å². The van der Waals surface area contributed by atoms with E-state index in [1.807, 2.05) is 38.1 Å². The van der Waals surface area contributed by atoms with Crippen molar-refractivity contribution in [2.24, 2.45) is 0 Å². The number of phenols is 3. The molecule has 22 heavy (non-hydrogen) atoms. The maximum absolute atomic E-state index is 12.4. The van der Waals surface area contributed by atoms with Crippen LogP contribution in [-0.4, -0.2) is 27.9 Å². The van der Waals surface area contributed by atoms with Crippen LogP contribution in [0.4, 0.5) is 16.2 Å². The molecule has 6 heteroatoms. The van der Waals surface area contributed by atoms with Gasteiger partial charge in [-0.15, -0.1) is 0 Å². The van der Waals surface area contributed by atoms with E-state index in [1.165, 1.54) is 4.90 Å². The first-order valence-electron chi connectivity index (χ1n) is 6.82. The molecule has 6 nitrogen and oxygen atoms in total. The average molecular weight is 302 g/mol. The Morgan fingerprint density at radius 1 is 1.14 bits per heavy atom. The molecule has 0 saturated heterocycles. The molecule has 0 unspecified atom stereocenters. The summed E-state index contributed by atoms with van der Waals surface area (Å²) in [6.45, 7) is 4.23. The Balaban J connectivity index is 2.23. The summed E-state index contributed by atoms with van der Waals surface area (Å²) >= 11 is 0. The molecule has 0 aromatic heterocycles. The van der Waals surface area contributed by atoms with Crippen molar-refractivity contribution < 1.29 is 20.1 Å². The van der Waals surface area contributed by atoms with Crippen molar-refractivity contribution in [2.75, 3.05) is 16.8 Å². The second kappa shape index (κ2) is 6.26. The van der Waals surface area contributed by atoms with Crippen LogP contribution < -0.4 is 10.2 Å². The Labute approximate surface area is 128 Å². The number of benzene rings is 2. The predicted octanol–water partition coefficient (Wildman–Crippen LogP) is 3.17. The van der Waals surface area contributed by atoms with E-state index in [4.69, 9.17) is 0 Å². The highest BCUT2D eigenvalue weighted by molar-refractivity contribution is 6.02. The lowest BCUT2D eigenvalue weighted by Gasteiger charge is -2.22. The highest BCUT2D eigenvalue weighted by Gasteiger charge is 2.16. The number of hydrogen-bond acceptors (Lipinski definition) is 4. The van der Waals surface area contributed by atoms with Gasteiger partial charge in [0, 0.05) is 24.4 Å². The van der Waals surface area contributed by atoms with Gasteiger partial charge in [0.1, 0.15) is 0 Å². The van der Waals surface area contributed by atoms with Gasteiger partial charge >= 0.3 is 6.03 Å². The number of carbonyl (C=O) groups is 1. The van der Waals surface area contributed by atoms with Crippen LogP contribution >= 0.6 is 0 Å². The van der Waals surface area contributed by atoms with Crippen molar-refractivity contribution in [3.05, 3.63) is 42.0 Å². The first kappa shape index (κ1) is 15.5. The van der Waals surface area contributed by atoms with E-state index in [0.717, 1.165) is 23.4 Å². The molecule has 0 aliphatic rings. The van der Waals surface area contributed by atoms with Gasteiger partial charge in [-0.1, -0.05) is 12.1 Å². The molecular formula is C16H18N2O4. The van der Waals surface area contributed by atoms with Crippen molar-refractivity contribution in [3.8, 4) is 17.2 Å². The lowest BCUT2D eigenvalue weighted by molar-refractivity contribution is 0.257. The third-order valence-electron chi connectivity index (χ3n) is 3.20. The number of urea groups is 1. The van der Waals surface area contributed by atoms with Crippen LogP contribution in [0.3, 0.4) is 0 Å². The van der Waals surface area contributed by atoms with Gasteiger partial charge in [-0.2, -0.15) is 0 Å². The summed E-state index contributed by atoms with van der Waals surface area (Å²) in [6, 6.07) is 9.42. The molecule has 0 aliphatic carbocycles. The Morgan fingerprint density at radius 3 is 2.32 bits per heavy atom. The molecule has 0 radical (unpaired) electrons. The van der Waals surface area contributed by atoms with Crippen molar-refractivity contribution in [1.29, 1.82) is 0 Å². The van der Waals surface area contributed by atoms with E-state index < -0.39 is 23.3 Å². The molecule has 0 fully saturated rings. The second-order valence-electron chi connectivity index (χ2n) is 4.88. The van der Waals surface area contributed by atoms with Gasteiger partial charge < -0.3 is 20.6 Å². The van der Waals surface area contributed by atoms with Gasteiger partial charge in [0.2, 0.25) is 0 Å². The van der Waals surface area contributed by atoms with Crippen LogP contribution in [0, 0.1) is 6.92 Å². The average Bonchev–Trinajstić information content (AvgIpc) is 2.45. The van der Waals surface area contributed by atoms with Gasteiger partial charge in [0.25, 0.3) is 0 Å². The summed E-state index contributed by atoms with van der Waals surface area (Å²) in [4.78, 5) is 13.9. The maximum Gasteiger partial charge on any atom is 0.326 e. The summed E-state index contributed by atoms with van der Waals surface area (Å²) in [5, 5.41) is 30.8. The molecule has 0 saturated carbocycles. The van der Waals surface area contributed by atoms with Crippen molar-refractivity contribution in [2.45, 2.75) is 13.8 Å². The minimum Gasteiger partial charge on any atom is -0.504 e. The molecule has 0 atom stereocenters. The normalized spacial score (nSPS) is 10.3. The van der Waals surface area contributed by atoms with E-state index >= 15 is 0 Å². The summed E-state index contributed by atoms with van der Waals surface area (Å²) in [5.41, 5.74) is 1.96. The minimum atomic E-state index is -0.621. The van der Waals surface area contributed by atoms with Gasteiger partial charge in [0.05, 0.1) is 5.69 Å². The third-order valence-corrected chi connectivity index (χ3v) is 3.20. The molecular weight excluding hydrogens is 284 g/mol. The number of carbonyl (C=O) groups excluding carboxylic acids is 1. The first-order valence-corrected chi connectivity index (χ1v) is 6.82. The number of anilines is 2. The SMILES string of the molecule is CCN(C(=O)Nc1cc(O)c(O)c(O)c1)c1cccc(C)c1. The molecule has 0 heterocycles. The fraction of sp³-hybridized carbons (Fsp3) is 0.188. The van der Waals surface area contributed by atoms with Gasteiger partial charge in [-0.25, -0.2) is 4.79 Å². The monoisotopic (exact) mass is 302 g/mol. The fourth-order valence-corrected chi connectivity index (χ4v) is 2.11. The van der Waals surface area contributed by atoms with Gasteiger partial charge in [-0.05, 0) is 31.5 Å². The number of nitrogens with zero attached hydrogens (tertiary/aromatic N) is 1. The summed E-state index contributed by atoms with van der Waals surface area (Å²) in [7, 11) is 0. The van der Waals surface area contributed by atoms with E-state index in [-0.39, 0.29) is 5.69 Å². The molecule has 2 aromatic rings. The molecule has 2 aromatic carbocycles.